The van der Waals surface area contributed by atoms with Crippen LogP contribution < -0.4 is 10.6 Å². The van der Waals surface area contributed by atoms with E-state index in [1.54, 1.807) is 6.33 Å². The van der Waals surface area contributed by atoms with E-state index in [1.165, 1.54) is 5.69 Å². The number of fused-ring (bicyclic) bond motifs is 1. The highest BCUT2D eigenvalue weighted by molar-refractivity contribution is 5.88. The number of piperidine rings is 1. The Kier molecular flexibility index (Phi) is 2.33. The number of hydrogen-bond donors (Lipinski definition) is 2. The number of para-hydroxylation sites is 1. The second kappa shape index (κ2) is 3.74. The van der Waals surface area contributed by atoms with Gasteiger partial charge in [-0.25, -0.2) is 4.98 Å². The number of imidazole rings is 1. The minimum Gasteiger partial charge on any atom is -0.370 e. The molecule has 0 radical (unpaired) electrons. The van der Waals surface area contributed by atoms with Crippen LogP contribution in [0.3, 0.4) is 0 Å². The normalized spacial score (nSPS) is 19.8. The average Bonchev–Trinajstić information content (AvgIpc) is 2.77. The lowest BCUT2D eigenvalue weighted by Crippen LogP contribution is -2.48. The van der Waals surface area contributed by atoms with Crippen LogP contribution in [0.25, 0.3) is 11.0 Å². The van der Waals surface area contributed by atoms with E-state index < -0.39 is 0 Å². The minimum atomic E-state index is -0.00400. The molecule has 0 aliphatic carbocycles. The molecule has 0 unspecified atom stereocenters. The van der Waals surface area contributed by atoms with Gasteiger partial charge in [0.1, 0.15) is 5.52 Å². The molecule has 17 heavy (non-hydrogen) atoms. The van der Waals surface area contributed by atoms with Crippen molar-refractivity contribution in [3.05, 3.63) is 24.5 Å². The van der Waals surface area contributed by atoms with Crippen molar-refractivity contribution in [1.82, 2.24) is 9.97 Å². The molecule has 1 aliphatic heterocycles. The smallest absolute Gasteiger partial charge is 0.112 e. The predicted molar refractivity (Wildman–Crippen MR) is 70.1 cm³/mol. The Morgan fingerprint density at radius 3 is 2.88 bits per heavy atom. The monoisotopic (exact) mass is 230 g/mol. The molecule has 0 bridgehead atoms. The van der Waals surface area contributed by atoms with Crippen LogP contribution >= 0.6 is 0 Å². The minimum absolute atomic E-state index is 0.00400. The van der Waals surface area contributed by atoms with E-state index in [1.807, 2.05) is 0 Å². The van der Waals surface area contributed by atoms with E-state index in [0.29, 0.717) is 0 Å². The van der Waals surface area contributed by atoms with Gasteiger partial charge in [0.05, 0.1) is 17.5 Å². The number of H-pyrrole nitrogens is 1. The number of nitrogens with two attached hydrogens (primary N) is 1. The molecule has 1 saturated heterocycles. The zero-order valence-electron chi connectivity index (χ0n) is 10.1. The quantitative estimate of drug-likeness (QED) is 0.786. The van der Waals surface area contributed by atoms with Gasteiger partial charge < -0.3 is 15.6 Å². The van der Waals surface area contributed by atoms with E-state index in [2.05, 4.69) is 40.0 Å². The molecule has 2 heterocycles. The topological polar surface area (TPSA) is 57.9 Å². The van der Waals surface area contributed by atoms with Crippen LogP contribution in [0.1, 0.15) is 19.8 Å². The lowest BCUT2D eigenvalue weighted by molar-refractivity contribution is 0.364. The van der Waals surface area contributed by atoms with Crippen molar-refractivity contribution in [2.24, 2.45) is 5.73 Å². The molecule has 1 fully saturated rings. The fourth-order valence-electron chi connectivity index (χ4n) is 2.46. The number of aromatic amines is 1. The van der Waals surface area contributed by atoms with Gasteiger partial charge in [0, 0.05) is 18.6 Å². The lowest BCUT2D eigenvalue weighted by atomic mass is 9.91. The number of aromatic nitrogens is 2. The van der Waals surface area contributed by atoms with Crippen molar-refractivity contribution in [3.8, 4) is 0 Å². The van der Waals surface area contributed by atoms with E-state index in [-0.39, 0.29) is 5.54 Å². The summed E-state index contributed by atoms with van der Waals surface area (Å²) in [4.78, 5) is 9.94. The number of anilines is 1. The summed E-state index contributed by atoms with van der Waals surface area (Å²) in [6.45, 7) is 4.16. The van der Waals surface area contributed by atoms with Crippen LogP contribution in [-0.2, 0) is 0 Å². The highest BCUT2D eigenvalue weighted by Crippen LogP contribution is 2.28. The molecule has 90 valence electrons. The summed E-state index contributed by atoms with van der Waals surface area (Å²) in [5, 5.41) is 0. The molecule has 3 N–H and O–H groups in total. The second-order valence-corrected chi connectivity index (χ2v) is 5.22. The third-order valence-corrected chi connectivity index (χ3v) is 3.67. The van der Waals surface area contributed by atoms with Crippen LogP contribution in [-0.4, -0.2) is 28.6 Å². The Labute approximate surface area is 101 Å². The summed E-state index contributed by atoms with van der Waals surface area (Å²) >= 11 is 0. The number of nitrogens with zero attached hydrogens (tertiary/aromatic N) is 2. The number of rotatable bonds is 1. The first-order chi connectivity index (χ1) is 8.16. The third-order valence-electron chi connectivity index (χ3n) is 3.67. The van der Waals surface area contributed by atoms with Gasteiger partial charge in [-0.3, -0.25) is 0 Å². The summed E-state index contributed by atoms with van der Waals surface area (Å²) in [6.07, 6.45) is 3.83. The van der Waals surface area contributed by atoms with Gasteiger partial charge in [0.2, 0.25) is 0 Å². The first-order valence-electron chi connectivity index (χ1n) is 6.12. The standard InChI is InChI=1S/C13H18N4/c1-13(14)5-7-17(8-6-13)11-4-2-3-10-12(11)16-9-15-10/h2-4,9H,5-8,14H2,1H3,(H,15,16). The molecular weight excluding hydrogens is 212 g/mol. The number of nitrogens with one attached hydrogen (secondary N) is 1. The highest BCUT2D eigenvalue weighted by Gasteiger charge is 2.26. The molecule has 0 saturated carbocycles. The van der Waals surface area contributed by atoms with E-state index in [0.717, 1.165) is 37.0 Å². The molecule has 4 heteroatoms. The molecule has 3 rings (SSSR count). The molecule has 0 amide bonds. The number of benzene rings is 1. The Morgan fingerprint density at radius 2 is 2.12 bits per heavy atom. The van der Waals surface area contributed by atoms with Gasteiger partial charge in [-0.05, 0) is 31.9 Å². The SMILES string of the molecule is CC1(N)CCN(c2cccc3[nH]cnc23)CC1. The van der Waals surface area contributed by atoms with Gasteiger partial charge in [0.15, 0.2) is 0 Å². The van der Waals surface area contributed by atoms with Crippen molar-refractivity contribution >= 4 is 16.7 Å². The molecule has 1 aliphatic rings. The van der Waals surface area contributed by atoms with Crippen LogP contribution in [0.4, 0.5) is 5.69 Å². The van der Waals surface area contributed by atoms with Crippen molar-refractivity contribution in [2.45, 2.75) is 25.3 Å². The molecule has 1 aromatic heterocycles. The van der Waals surface area contributed by atoms with Crippen LogP contribution in [0.2, 0.25) is 0 Å². The summed E-state index contributed by atoms with van der Waals surface area (Å²) in [6, 6.07) is 6.28. The Balaban J connectivity index is 1.92. The van der Waals surface area contributed by atoms with Crippen LogP contribution in [0.15, 0.2) is 24.5 Å². The summed E-state index contributed by atoms with van der Waals surface area (Å²) in [7, 11) is 0. The van der Waals surface area contributed by atoms with E-state index in [9.17, 15) is 0 Å². The van der Waals surface area contributed by atoms with Crippen molar-refractivity contribution in [3.63, 3.8) is 0 Å². The maximum atomic E-state index is 6.16. The largest absolute Gasteiger partial charge is 0.370 e. The van der Waals surface area contributed by atoms with Crippen LogP contribution in [0.5, 0.6) is 0 Å². The van der Waals surface area contributed by atoms with Crippen molar-refractivity contribution in [2.75, 3.05) is 18.0 Å². The molecule has 1 aromatic carbocycles. The highest BCUT2D eigenvalue weighted by atomic mass is 15.2. The van der Waals surface area contributed by atoms with Gasteiger partial charge in [-0.1, -0.05) is 6.07 Å². The fraction of sp³-hybridized carbons (Fsp3) is 0.462. The average molecular weight is 230 g/mol. The lowest BCUT2D eigenvalue weighted by Gasteiger charge is -2.38. The molecule has 0 atom stereocenters. The third kappa shape index (κ3) is 1.89. The first-order valence-corrected chi connectivity index (χ1v) is 6.12. The van der Waals surface area contributed by atoms with Crippen molar-refractivity contribution in [1.29, 1.82) is 0 Å². The van der Waals surface area contributed by atoms with E-state index in [4.69, 9.17) is 5.73 Å². The van der Waals surface area contributed by atoms with Crippen LogP contribution in [0, 0.1) is 0 Å². The maximum absolute atomic E-state index is 6.16. The summed E-state index contributed by atoms with van der Waals surface area (Å²) in [5.41, 5.74) is 9.54. The number of hydrogen-bond acceptors (Lipinski definition) is 3. The Morgan fingerprint density at radius 1 is 1.35 bits per heavy atom. The maximum Gasteiger partial charge on any atom is 0.112 e. The Bertz CT molecular complexity index is 519. The molecule has 4 nitrogen and oxygen atoms in total. The zero-order chi connectivity index (χ0) is 11.9. The first kappa shape index (κ1) is 10.6. The Hall–Kier alpha value is -1.55. The van der Waals surface area contributed by atoms with Crippen molar-refractivity contribution < 1.29 is 0 Å². The molecular formula is C13H18N4. The zero-order valence-corrected chi connectivity index (χ0v) is 10.1. The second-order valence-electron chi connectivity index (χ2n) is 5.22. The van der Waals surface area contributed by atoms with Gasteiger partial charge in [-0.2, -0.15) is 0 Å². The van der Waals surface area contributed by atoms with E-state index >= 15 is 0 Å². The predicted octanol–water partition coefficient (Wildman–Crippen LogP) is 1.88. The molecule has 2 aromatic rings. The van der Waals surface area contributed by atoms with Gasteiger partial charge in [-0.15, -0.1) is 0 Å². The summed E-state index contributed by atoms with van der Waals surface area (Å²) < 4.78 is 0. The van der Waals surface area contributed by atoms with Gasteiger partial charge in [0.25, 0.3) is 0 Å². The molecule has 0 spiro atoms. The van der Waals surface area contributed by atoms with Gasteiger partial charge >= 0.3 is 0 Å². The fourth-order valence-corrected chi connectivity index (χ4v) is 2.46. The summed E-state index contributed by atoms with van der Waals surface area (Å²) in [5.74, 6) is 0.